The second-order valence-corrected chi connectivity index (χ2v) is 11.8. The molecular weight excluding hydrogens is 584 g/mol. The molecule has 1 aliphatic carbocycles. The van der Waals surface area contributed by atoms with Gasteiger partial charge in [-0.15, -0.1) is 0 Å². The fraction of sp³-hybridized carbons (Fsp3) is 0.353. The molecule has 3 aromatic carbocycles. The van der Waals surface area contributed by atoms with E-state index in [-0.39, 0.29) is 24.6 Å². The summed E-state index contributed by atoms with van der Waals surface area (Å²) < 4.78 is 29.9. The quantitative estimate of drug-likeness (QED) is 0.153. The first-order chi connectivity index (χ1) is 21.3. The molecule has 1 aromatic heterocycles. The van der Waals surface area contributed by atoms with Gasteiger partial charge in [0, 0.05) is 29.7 Å². The molecule has 5 rings (SSSR count). The van der Waals surface area contributed by atoms with Gasteiger partial charge < -0.3 is 25.6 Å². The van der Waals surface area contributed by atoms with E-state index in [1.807, 2.05) is 60.0 Å². The number of imidazole rings is 1. The molecule has 44 heavy (non-hydrogen) atoms. The lowest BCUT2D eigenvalue weighted by molar-refractivity contribution is -0.118. The van der Waals surface area contributed by atoms with Crippen molar-refractivity contribution in [1.29, 1.82) is 0 Å². The van der Waals surface area contributed by atoms with Crippen LogP contribution in [0.3, 0.4) is 0 Å². The molecule has 0 fully saturated rings. The number of aryl methyl sites for hydroxylation is 1. The van der Waals surface area contributed by atoms with Crippen molar-refractivity contribution in [3.05, 3.63) is 112 Å². The SMILES string of the molecule is CCC[C@H](N[C@H]1CCc2cc(F)cc(F)c2C1)C(=O)Nc1cn(-c2ccccc2CNC(CO)Cc2ccc(Cl)cc2)cn1. The Labute approximate surface area is 261 Å². The van der Waals surface area contributed by atoms with Crippen LogP contribution in [-0.2, 0) is 30.6 Å². The molecule has 1 aliphatic rings. The average molecular weight is 622 g/mol. The topological polar surface area (TPSA) is 91.2 Å². The number of nitrogens with one attached hydrogen (secondary N) is 3. The highest BCUT2D eigenvalue weighted by atomic mass is 35.5. The van der Waals surface area contributed by atoms with Crippen molar-refractivity contribution in [1.82, 2.24) is 20.2 Å². The van der Waals surface area contributed by atoms with Gasteiger partial charge in [-0.2, -0.15) is 0 Å². The molecule has 232 valence electrons. The number of carbonyl (C=O) groups is 1. The van der Waals surface area contributed by atoms with Crippen LogP contribution in [-0.4, -0.2) is 45.3 Å². The minimum Gasteiger partial charge on any atom is -0.395 e. The highest BCUT2D eigenvalue weighted by molar-refractivity contribution is 6.30. The van der Waals surface area contributed by atoms with Crippen molar-refractivity contribution in [2.24, 2.45) is 0 Å². The highest BCUT2D eigenvalue weighted by Gasteiger charge is 2.27. The molecule has 0 radical (unpaired) electrons. The second kappa shape index (κ2) is 14.9. The number of hydrogen-bond acceptors (Lipinski definition) is 5. The maximum Gasteiger partial charge on any atom is 0.242 e. The number of para-hydroxylation sites is 1. The number of fused-ring (bicyclic) bond motifs is 1. The summed E-state index contributed by atoms with van der Waals surface area (Å²) in [6.45, 7) is 2.52. The van der Waals surface area contributed by atoms with Gasteiger partial charge in [0.1, 0.15) is 18.0 Å². The Hall–Kier alpha value is -3.63. The molecule has 0 aliphatic heterocycles. The van der Waals surface area contributed by atoms with E-state index in [4.69, 9.17) is 11.6 Å². The zero-order valence-electron chi connectivity index (χ0n) is 24.7. The zero-order valence-corrected chi connectivity index (χ0v) is 25.5. The van der Waals surface area contributed by atoms with Crippen molar-refractivity contribution in [2.75, 3.05) is 11.9 Å². The predicted molar refractivity (Wildman–Crippen MR) is 169 cm³/mol. The molecule has 7 nitrogen and oxygen atoms in total. The first kappa shape index (κ1) is 31.8. The number of aromatic nitrogens is 2. The number of carbonyl (C=O) groups excluding carboxylic acids is 1. The van der Waals surface area contributed by atoms with E-state index in [2.05, 4.69) is 20.9 Å². The third-order valence-corrected chi connectivity index (χ3v) is 8.35. The Balaban J connectivity index is 1.21. The summed E-state index contributed by atoms with van der Waals surface area (Å²) in [7, 11) is 0. The third-order valence-electron chi connectivity index (χ3n) is 8.10. The van der Waals surface area contributed by atoms with Gasteiger partial charge >= 0.3 is 0 Å². The number of rotatable bonds is 13. The van der Waals surface area contributed by atoms with Crippen molar-refractivity contribution in [3.63, 3.8) is 0 Å². The molecule has 10 heteroatoms. The van der Waals surface area contributed by atoms with Crippen LogP contribution in [0.4, 0.5) is 14.6 Å². The molecule has 0 bridgehead atoms. The molecule has 3 atom stereocenters. The van der Waals surface area contributed by atoms with Crippen LogP contribution in [0.15, 0.2) is 73.2 Å². The number of amides is 1. The fourth-order valence-electron chi connectivity index (χ4n) is 5.80. The summed E-state index contributed by atoms with van der Waals surface area (Å²) in [6, 6.07) is 17.1. The summed E-state index contributed by atoms with van der Waals surface area (Å²) in [4.78, 5) is 17.8. The summed E-state index contributed by atoms with van der Waals surface area (Å²) in [5.74, 6) is -0.868. The van der Waals surface area contributed by atoms with Gasteiger partial charge in [0.05, 0.1) is 24.5 Å². The summed E-state index contributed by atoms with van der Waals surface area (Å²) in [6.07, 6.45) is 7.15. The number of hydrogen-bond donors (Lipinski definition) is 4. The number of benzene rings is 3. The van der Waals surface area contributed by atoms with Gasteiger partial charge in [0.15, 0.2) is 5.82 Å². The molecular formula is C34H38ClF2N5O2. The fourth-order valence-corrected chi connectivity index (χ4v) is 5.92. The maximum absolute atomic E-state index is 14.4. The summed E-state index contributed by atoms with van der Waals surface area (Å²) in [5.41, 5.74) is 4.21. The summed E-state index contributed by atoms with van der Waals surface area (Å²) in [5, 5.41) is 20.4. The van der Waals surface area contributed by atoms with Crippen LogP contribution in [0, 0.1) is 11.6 Å². The van der Waals surface area contributed by atoms with Gasteiger partial charge in [-0.3, -0.25) is 4.79 Å². The van der Waals surface area contributed by atoms with E-state index < -0.39 is 17.7 Å². The zero-order chi connectivity index (χ0) is 31.1. The molecule has 0 saturated carbocycles. The highest BCUT2D eigenvalue weighted by Crippen LogP contribution is 2.26. The Morgan fingerprint density at radius 3 is 2.73 bits per heavy atom. The molecule has 4 aromatic rings. The van der Waals surface area contributed by atoms with Crippen LogP contribution < -0.4 is 16.0 Å². The van der Waals surface area contributed by atoms with Crippen LogP contribution in [0.5, 0.6) is 0 Å². The largest absolute Gasteiger partial charge is 0.395 e. The maximum atomic E-state index is 14.4. The molecule has 1 amide bonds. The van der Waals surface area contributed by atoms with Gasteiger partial charge in [0.25, 0.3) is 0 Å². The lowest BCUT2D eigenvalue weighted by atomic mass is 9.87. The number of anilines is 1. The van der Waals surface area contributed by atoms with E-state index in [9.17, 15) is 18.7 Å². The van der Waals surface area contributed by atoms with Crippen molar-refractivity contribution >= 4 is 23.3 Å². The predicted octanol–water partition coefficient (Wildman–Crippen LogP) is 5.75. The van der Waals surface area contributed by atoms with E-state index >= 15 is 0 Å². The Morgan fingerprint density at radius 1 is 1.16 bits per heavy atom. The Morgan fingerprint density at radius 2 is 1.95 bits per heavy atom. The monoisotopic (exact) mass is 621 g/mol. The molecule has 0 spiro atoms. The second-order valence-electron chi connectivity index (χ2n) is 11.3. The van der Waals surface area contributed by atoms with E-state index in [1.165, 1.54) is 6.07 Å². The van der Waals surface area contributed by atoms with Crippen molar-refractivity contribution in [3.8, 4) is 5.69 Å². The standard InChI is InChI=1S/C34H38ClF2N5O2/c1-2-5-31(40-27-13-10-23-15-26(36)16-30(37)29(23)17-27)34(44)41-33-19-42(21-39-33)32-7-4-3-6-24(32)18-38-28(20-43)14-22-8-11-25(35)12-9-22/h3-4,6-9,11-12,15-16,19,21,27-28,31,38,40,43H,2,5,10,13-14,17-18,20H2,1H3,(H,41,44)/t27-,28?,31-/m0/s1. The minimum atomic E-state index is -0.558. The van der Waals surface area contributed by atoms with Crippen LogP contribution >= 0.6 is 11.6 Å². The number of nitrogens with zero attached hydrogens (tertiary/aromatic N) is 2. The van der Waals surface area contributed by atoms with Crippen molar-refractivity contribution in [2.45, 2.75) is 70.1 Å². The number of aliphatic hydroxyl groups excluding tert-OH is 1. The van der Waals surface area contributed by atoms with Gasteiger partial charge in [0.2, 0.25) is 5.91 Å². The lowest BCUT2D eigenvalue weighted by Crippen LogP contribution is -2.48. The normalized spacial score (nSPS) is 15.9. The molecule has 1 unspecified atom stereocenters. The summed E-state index contributed by atoms with van der Waals surface area (Å²) >= 11 is 6.00. The number of halogens is 3. The Bertz CT molecular complexity index is 1560. The minimum absolute atomic E-state index is 0.0140. The molecule has 1 heterocycles. The lowest BCUT2D eigenvalue weighted by Gasteiger charge is -2.29. The molecule has 4 N–H and O–H groups in total. The van der Waals surface area contributed by atoms with Gasteiger partial charge in [-0.1, -0.05) is 55.3 Å². The van der Waals surface area contributed by atoms with E-state index in [0.717, 1.165) is 29.3 Å². The Kier molecular flexibility index (Phi) is 10.8. The van der Waals surface area contributed by atoms with Crippen molar-refractivity contribution < 1.29 is 18.7 Å². The van der Waals surface area contributed by atoms with E-state index in [0.29, 0.717) is 60.6 Å². The van der Waals surface area contributed by atoms with Crippen LogP contribution in [0.25, 0.3) is 5.69 Å². The average Bonchev–Trinajstić information content (AvgIpc) is 3.48. The van der Waals surface area contributed by atoms with Crippen LogP contribution in [0.2, 0.25) is 5.02 Å². The van der Waals surface area contributed by atoms with Gasteiger partial charge in [-0.05, 0) is 78.6 Å². The first-order valence-corrected chi connectivity index (χ1v) is 15.4. The third kappa shape index (κ3) is 8.09. The van der Waals surface area contributed by atoms with E-state index in [1.54, 1.807) is 12.5 Å². The van der Waals surface area contributed by atoms with Gasteiger partial charge in [-0.25, -0.2) is 13.8 Å². The number of aliphatic hydroxyl groups is 1. The van der Waals surface area contributed by atoms with Crippen LogP contribution in [0.1, 0.15) is 48.4 Å². The smallest absolute Gasteiger partial charge is 0.242 e. The molecule has 0 saturated heterocycles. The first-order valence-electron chi connectivity index (χ1n) is 15.1.